The lowest BCUT2D eigenvalue weighted by Gasteiger charge is -2.42. The van der Waals surface area contributed by atoms with Gasteiger partial charge in [-0.15, -0.1) is 0 Å². The Balaban J connectivity index is 1.83. The van der Waals surface area contributed by atoms with E-state index in [0.717, 1.165) is 30.6 Å². The minimum Gasteiger partial charge on any atom is -0.490 e. The van der Waals surface area contributed by atoms with Gasteiger partial charge in [0.05, 0.1) is 11.7 Å². The van der Waals surface area contributed by atoms with E-state index >= 15 is 0 Å². The molecule has 1 aromatic carbocycles. The summed E-state index contributed by atoms with van der Waals surface area (Å²) in [4.78, 5) is 0. The molecule has 0 aromatic heterocycles. The van der Waals surface area contributed by atoms with E-state index in [-0.39, 0.29) is 5.41 Å². The van der Waals surface area contributed by atoms with Gasteiger partial charge in [0.1, 0.15) is 5.75 Å². The Morgan fingerprint density at radius 2 is 2.00 bits per heavy atom. The third-order valence-electron chi connectivity index (χ3n) is 4.41. The first kappa shape index (κ1) is 13.0. The highest BCUT2D eigenvalue weighted by atomic mass is 16.5. The molecule has 0 bridgehead atoms. The third-order valence-corrected chi connectivity index (χ3v) is 4.41. The lowest BCUT2D eigenvalue weighted by molar-refractivity contribution is -0.0441. The molecule has 0 amide bonds. The zero-order valence-electron chi connectivity index (χ0n) is 12.0. The molecule has 2 heteroatoms. The predicted octanol–water partition coefficient (Wildman–Crippen LogP) is 4.02. The van der Waals surface area contributed by atoms with Crippen molar-refractivity contribution < 1.29 is 9.84 Å². The minimum atomic E-state index is -0.676. The predicted molar refractivity (Wildman–Crippen MR) is 76.2 cm³/mol. The van der Waals surface area contributed by atoms with E-state index in [1.54, 1.807) is 0 Å². The summed E-state index contributed by atoms with van der Waals surface area (Å²) in [6, 6.07) is 8.09. The first-order valence-corrected chi connectivity index (χ1v) is 7.47. The lowest BCUT2D eigenvalue weighted by Crippen LogP contribution is -2.36. The van der Waals surface area contributed by atoms with Crippen LogP contribution >= 0.6 is 0 Å². The Morgan fingerprint density at radius 3 is 2.68 bits per heavy atom. The molecule has 0 saturated heterocycles. The van der Waals surface area contributed by atoms with Crippen molar-refractivity contribution in [1.29, 1.82) is 0 Å². The van der Waals surface area contributed by atoms with Crippen molar-refractivity contribution in [1.82, 2.24) is 0 Å². The van der Waals surface area contributed by atoms with Crippen LogP contribution in [0.4, 0.5) is 0 Å². The number of rotatable bonds is 3. The molecule has 19 heavy (non-hydrogen) atoms. The molecule has 1 unspecified atom stereocenters. The van der Waals surface area contributed by atoms with Crippen LogP contribution in [0.2, 0.25) is 0 Å². The monoisotopic (exact) mass is 260 g/mol. The van der Waals surface area contributed by atoms with E-state index in [1.807, 2.05) is 24.3 Å². The van der Waals surface area contributed by atoms with Gasteiger partial charge in [0.25, 0.3) is 0 Å². The minimum absolute atomic E-state index is 0.223. The summed E-state index contributed by atoms with van der Waals surface area (Å²) in [6.45, 7) is 4.50. The van der Waals surface area contributed by atoms with Gasteiger partial charge in [-0.2, -0.15) is 0 Å². The van der Waals surface area contributed by atoms with E-state index in [1.165, 1.54) is 19.3 Å². The van der Waals surface area contributed by atoms with Crippen LogP contribution < -0.4 is 4.74 Å². The van der Waals surface area contributed by atoms with Crippen molar-refractivity contribution in [3.05, 3.63) is 29.8 Å². The van der Waals surface area contributed by atoms with Gasteiger partial charge in [-0.1, -0.05) is 26.0 Å². The fraction of sp³-hybridized carbons (Fsp3) is 0.647. The van der Waals surface area contributed by atoms with E-state index in [9.17, 15) is 5.11 Å². The average molecular weight is 260 g/mol. The van der Waals surface area contributed by atoms with Crippen LogP contribution in [-0.4, -0.2) is 11.2 Å². The number of ether oxygens (including phenoxy) is 1. The second-order valence-corrected chi connectivity index (χ2v) is 7.07. The number of aliphatic hydroxyl groups is 1. The molecule has 0 heterocycles. The molecule has 0 spiro atoms. The summed E-state index contributed by atoms with van der Waals surface area (Å²) in [7, 11) is 0. The largest absolute Gasteiger partial charge is 0.490 e. The molecule has 1 aromatic rings. The maximum absolute atomic E-state index is 11.0. The van der Waals surface area contributed by atoms with Crippen molar-refractivity contribution in [2.75, 3.05) is 0 Å². The Kier molecular flexibility index (Phi) is 3.09. The molecular formula is C17H24O2. The maximum Gasteiger partial charge on any atom is 0.120 e. The van der Waals surface area contributed by atoms with Crippen molar-refractivity contribution in [2.24, 2.45) is 5.41 Å². The summed E-state index contributed by atoms with van der Waals surface area (Å²) in [6.07, 6.45) is 6.75. The molecule has 2 aliphatic carbocycles. The average Bonchev–Trinajstić information content (AvgIpc) is 3.12. The quantitative estimate of drug-likeness (QED) is 0.889. The highest BCUT2D eigenvalue weighted by Crippen LogP contribution is 2.46. The SMILES string of the molecule is CC1(C)CCCC(O)(c2cccc(OC3CC3)c2)C1. The van der Waals surface area contributed by atoms with Gasteiger partial charge in [-0.3, -0.25) is 0 Å². The smallest absolute Gasteiger partial charge is 0.120 e. The molecule has 2 nitrogen and oxygen atoms in total. The Morgan fingerprint density at radius 1 is 1.21 bits per heavy atom. The molecule has 2 saturated carbocycles. The molecule has 1 atom stereocenters. The Bertz CT molecular complexity index is 462. The highest BCUT2D eigenvalue weighted by Gasteiger charge is 2.39. The molecule has 2 fully saturated rings. The van der Waals surface area contributed by atoms with Gasteiger partial charge in [-0.05, 0) is 61.6 Å². The second-order valence-electron chi connectivity index (χ2n) is 7.07. The molecule has 0 radical (unpaired) electrons. The van der Waals surface area contributed by atoms with Crippen LogP contribution in [0.1, 0.15) is 57.9 Å². The summed E-state index contributed by atoms with van der Waals surface area (Å²) in [5, 5.41) is 11.0. The van der Waals surface area contributed by atoms with Crippen molar-refractivity contribution in [2.45, 2.75) is 64.1 Å². The Labute approximate surface area is 115 Å². The van der Waals surface area contributed by atoms with Crippen molar-refractivity contribution in [3.63, 3.8) is 0 Å². The summed E-state index contributed by atoms with van der Waals surface area (Å²) in [5.74, 6) is 0.914. The van der Waals surface area contributed by atoms with Crippen LogP contribution in [0.3, 0.4) is 0 Å². The maximum atomic E-state index is 11.0. The van der Waals surface area contributed by atoms with E-state index in [2.05, 4.69) is 13.8 Å². The van der Waals surface area contributed by atoms with Crippen LogP contribution in [0, 0.1) is 5.41 Å². The van der Waals surface area contributed by atoms with Gasteiger partial charge in [0, 0.05) is 0 Å². The zero-order valence-corrected chi connectivity index (χ0v) is 12.0. The van der Waals surface area contributed by atoms with E-state index in [4.69, 9.17) is 4.74 Å². The van der Waals surface area contributed by atoms with Gasteiger partial charge in [0.15, 0.2) is 0 Å². The first-order valence-electron chi connectivity index (χ1n) is 7.47. The fourth-order valence-corrected chi connectivity index (χ4v) is 3.31. The Hall–Kier alpha value is -1.02. The summed E-state index contributed by atoms with van der Waals surface area (Å²) < 4.78 is 5.84. The molecule has 3 rings (SSSR count). The molecule has 104 valence electrons. The summed E-state index contributed by atoms with van der Waals surface area (Å²) in [5.41, 5.74) is 0.573. The van der Waals surface area contributed by atoms with Crippen molar-refractivity contribution >= 4 is 0 Å². The first-order chi connectivity index (χ1) is 8.97. The molecule has 0 aliphatic heterocycles. The van der Waals surface area contributed by atoms with Gasteiger partial charge >= 0.3 is 0 Å². The number of benzene rings is 1. The van der Waals surface area contributed by atoms with Gasteiger partial charge in [-0.25, -0.2) is 0 Å². The van der Waals surface area contributed by atoms with E-state index in [0.29, 0.717) is 6.10 Å². The normalized spacial score (nSPS) is 30.1. The molecular weight excluding hydrogens is 236 g/mol. The highest BCUT2D eigenvalue weighted by molar-refractivity contribution is 5.33. The lowest BCUT2D eigenvalue weighted by atomic mass is 9.67. The molecule has 2 aliphatic rings. The number of hydrogen-bond acceptors (Lipinski definition) is 2. The topological polar surface area (TPSA) is 29.5 Å². The standard InChI is InChI=1S/C17H24O2/c1-16(2)9-4-10-17(18,12-16)13-5-3-6-15(11-13)19-14-7-8-14/h3,5-6,11,14,18H,4,7-10,12H2,1-2H3. The molecule has 1 N–H and O–H groups in total. The third kappa shape index (κ3) is 2.94. The summed E-state index contributed by atoms with van der Waals surface area (Å²) >= 11 is 0. The van der Waals surface area contributed by atoms with Crippen LogP contribution in [0.5, 0.6) is 5.75 Å². The van der Waals surface area contributed by atoms with E-state index < -0.39 is 5.60 Å². The van der Waals surface area contributed by atoms with Crippen LogP contribution in [0.15, 0.2) is 24.3 Å². The van der Waals surface area contributed by atoms with Gasteiger partial charge in [0.2, 0.25) is 0 Å². The van der Waals surface area contributed by atoms with Crippen LogP contribution in [-0.2, 0) is 5.60 Å². The second kappa shape index (κ2) is 4.52. The van der Waals surface area contributed by atoms with Crippen LogP contribution in [0.25, 0.3) is 0 Å². The zero-order chi connectivity index (χ0) is 13.5. The van der Waals surface area contributed by atoms with Crippen molar-refractivity contribution in [3.8, 4) is 5.75 Å². The fourth-order valence-electron chi connectivity index (χ4n) is 3.31. The van der Waals surface area contributed by atoms with Gasteiger partial charge < -0.3 is 9.84 Å². The number of hydrogen-bond donors (Lipinski definition) is 1.